The third-order valence-corrected chi connectivity index (χ3v) is 1.79. The van der Waals surface area contributed by atoms with E-state index in [9.17, 15) is 0 Å². The number of hydrogen-bond donors (Lipinski definition) is 0. The van der Waals surface area contributed by atoms with E-state index in [0.29, 0.717) is 6.04 Å². The van der Waals surface area contributed by atoms with Crippen molar-refractivity contribution in [3.8, 4) is 0 Å². The van der Waals surface area contributed by atoms with Crippen molar-refractivity contribution in [1.29, 1.82) is 0 Å². The Labute approximate surface area is 69.7 Å². The molecule has 11 heavy (non-hydrogen) atoms. The Balaban J connectivity index is 4.35. The standard InChI is InChI=1S/C10H18N/c1-8(2)7-9(3)10(4)11(5)6/h7,10H,1,5H2,2-4,6H3/q+1/t10-/m1/s1. The molecular formula is C10H18N+. The first-order chi connectivity index (χ1) is 4.95. The molecule has 0 radical (unpaired) electrons. The molecule has 0 spiro atoms. The van der Waals surface area contributed by atoms with Gasteiger partial charge in [0.05, 0.1) is 0 Å². The molecular weight excluding hydrogens is 134 g/mol. The summed E-state index contributed by atoms with van der Waals surface area (Å²) in [6.07, 6.45) is 2.09. The predicted molar refractivity (Wildman–Crippen MR) is 51.3 cm³/mol. The summed E-state index contributed by atoms with van der Waals surface area (Å²) in [4.78, 5) is 0. The summed E-state index contributed by atoms with van der Waals surface area (Å²) in [6, 6.07) is 0.395. The van der Waals surface area contributed by atoms with Crippen molar-refractivity contribution in [3.05, 3.63) is 23.8 Å². The molecule has 0 heterocycles. The van der Waals surface area contributed by atoms with Gasteiger partial charge in [-0.05, 0) is 19.4 Å². The predicted octanol–water partition coefficient (Wildman–Crippen LogP) is 2.24. The highest BCUT2D eigenvalue weighted by Crippen LogP contribution is 2.06. The third kappa shape index (κ3) is 3.76. The third-order valence-electron chi connectivity index (χ3n) is 1.79. The van der Waals surface area contributed by atoms with Crippen LogP contribution in [0, 0.1) is 0 Å². The smallest absolute Gasteiger partial charge is 0.170 e. The topological polar surface area (TPSA) is 3.01 Å². The fraction of sp³-hybridized carbons (Fsp3) is 0.500. The first-order valence-corrected chi connectivity index (χ1v) is 3.82. The van der Waals surface area contributed by atoms with Gasteiger partial charge in [0.15, 0.2) is 6.04 Å². The van der Waals surface area contributed by atoms with Crippen LogP contribution in [-0.4, -0.2) is 24.4 Å². The van der Waals surface area contributed by atoms with Gasteiger partial charge in [0.2, 0.25) is 0 Å². The largest absolute Gasteiger partial charge is 0.239 e. The second kappa shape index (κ2) is 4.12. The average Bonchev–Trinajstić information content (AvgIpc) is 1.84. The van der Waals surface area contributed by atoms with Gasteiger partial charge in [-0.2, -0.15) is 0 Å². The van der Waals surface area contributed by atoms with Gasteiger partial charge >= 0.3 is 0 Å². The van der Waals surface area contributed by atoms with E-state index in [1.165, 1.54) is 5.57 Å². The molecule has 0 amide bonds. The fourth-order valence-electron chi connectivity index (χ4n) is 0.857. The average molecular weight is 152 g/mol. The van der Waals surface area contributed by atoms with Crippen LogP contribution >= 0.6 is 0 Å². The fourth-order valence-corrected chi connectivity index (χ4v) is 0.857. The van der Waals surface area contributed by atoms with Gasteiger partial charge in [-0.15, -0.1) is 0 Å². The molecule has 0 aliphatic carbocycles. The lowest BCUT2D eigenvalue weighted by Crippen LogP contribution is -2.18. The molecule has 62 valence electrons. The van der Waals surface area contributed by atoms with E-state index in [0.717, 1.165) is 5.57 Å². The molecule has 1 atom stereocenters. The summed E-state index contributed by atoms with van der Waals surface area (Å²) in [5, 5.41) is 0. The molecule has 0 aliphatic rings. The Morgan fingerprint density at radius 1 is 1.45 bits per heavy atom. The molecule has 0 rings (SSSR count). The maximum Gasteiger partial charge on any atom is 0.170 e. The maximum atomic E-state index is 3.83. The van der Waals surface area contributed by atoms with Gasteiger partial charge in [0, 0.05) is 6.92 Å². The van der Waals surface area contributed by atoms with Crippen LogP contribution < -0.4 is 0 Å². The molecule has 0 saturated heterocycles. The van der Waals surface area contributed by atoms with Crippen LogP contribution in [0.1, 0.15) is 20.8 Å². The first kappa shape index (κ1) is 10.2. The molecule has 0 aliphatic heterocycles. The summed E-state index contributed by atoms with van der Waals surface area (Å²) in [5.74, 6) is 0. The second-order valence-electron chi connectivity index (χ2n) is 3.17. The van der Waals surface area contributed by atoms with Crippen molar-refractivity contribution in [2.45, 2.75) is 26.8 Å². The van der Waals surface area contributed by atoms with Gasteiger partial charge in [-0.25, -0.2) is 4.58 Å². The number of rotatable bonds is 3. The van der Waals surface area contributed by atoms with Gasteiger partial charge < -0.3 is 0 Å². The highest BCUT2D eigenvalue weighted by Gasteiger charge is 2.09. The highest BCUT2D eigenvalue weighted by atomic mass is 15.0. The molecule has 1 nitrogen and oxygen atoms in total. The minimum atomic E-state index is 0.395. The monoisotopic (exact) mass is 152 g/mol. The first-order valence-electron chi connectivity index (χ1n) is 3.82. The number of hydrogen-bond acceptors (Lipinski definition) is 0. The van der Waals surface area contributed by atoms with Crippen LogP contribution in [-0.2, 0) is 0 Å². The van der Waals surface area contributed by atoms with E-state index >= 15 is 0 Å². The molecule has 0 bridgehead atoms. The minimum Gasteiger partial charge on any atom is -0.239 e. The van der Waals surface area contributed by atoms with Gasteiger partial charge in [0.25, 0.3) is 0 Å². The van der Waals surface area contributed by atoms with Crippen LogP contribution in [0.2, 0.25) is 0 Å². The number of allylic oxidation sites excluding steroid dienone is 2. The normalized spacial score (nSPS) is 14.4. The minimum absolute atomic E-state index is 0.395. The second-order valence-corrected chi connectivity index (χ2v) is 3.17. The summed E-state index contributed by atoms with van der Waals surface area (Å²) >= 11 is 0. The van der Waals surface area contributed by atoms with Crippen molar-refractivity contribution < 1.29 is 4.58 Å². The quantitative estimate of drug-likeness (QED) is 0.331. The van der Waals surface area contributed by atoms with E-state index in [-0.39, 0.29) is 0 Å². The zero-order valence-electron chi connectivity index (χ0n) is 8.02. The van der Waals surface area contributed by atoms with Crippen LogP contribution in [0.15, 0.2) is 23.8 Å². The van der Waals surface area contributed by atoms with E-state index in [2.05, 4.69) is 33.2 Å². The molecule has 0 saturated carbocycles. The Morgan fingerprint density at radius 2 is 1.91 bits per heavy atom. The Morgan fingerprint density at radius 3 is 2.18 bits per heavy atom. The molecule has 1 heteroatoms. The van der Waals surface area contributed by atoms with Gasteiger partial charge in [-0.1, -0.05) is 18.2 Å². The summed E-state index contributed by atoms with van der Waals surface area (Å²) in [5.41, 5.74) is 2.39. The van der Waals surface area contributed by atoms with Crippen molar-refractivity contribution in [2.24, 2.45) is 0 Å². The SMILES string of the molecule is C=C(C)C=C(C)[C@@H](C)[N+](=C)C. The number of nitrogens with zero attached hydrogens (tertiary/aromatic N) is 1. The number of likely N-dealkylation sites (N-methyl/N-ethyl adjacent to an activating group) is 1. The maximum absolute atomic E-state index is 3.83. The lowest BCUT2D eigenvalue weighted by atomic mass is 10.1. The molecule has 0 aromatic heterocycles. The molecule has 0 unspecified atom stereocenters. The Kier molecular flexibility index (Phi) is 3.80. The van der Waals surface area contributed by atoms with Gasteiger partial charge in [-0.3, -0.25) is 0 Å². The van der Waals surface area contributed by atoms with E-state index in [4.69, 9.17) is 0 Å². The van der Waals surface area contributed by atoms with Crippen LogP contribution in [0.5, 0.6) is 0 Å². The molecule has 0 fully saturated rings. The van der Waals surface area contributed by atoms with Crippen LogP contribution in [0.3, 0.4) is 0 Å². The van der Waals surface area contributed by atoms with E-state index in [1.807, 2.05) is 18.5 Å². The zero-order valence-corrected chi connectivity index (χ0v) is 8.02. The molecule has 0 aromatic carbocycles. The summed E-state index contributed by atoms with van der Waals surface area (Å²) in [7, 11) is 1.97. The van der Waals surface area contributed by atoms with Crippen LogP contribution in [0.25, 0.3) is 0 Å². The van der Waals surface area contributed by atoms with Crippen molar-refractivity contribution in [2.75, 3.05) is 7.05 Å². The van der Waals surface area contributed by atoms with Gasteiger partial charge in [0.1, 0.15) is 13.8 Å². The van der Waals surface area contributed by atoms with E-state index < -0.39 is 0 Å². The highest BCUT2D eigenvalue weighted by molar-refractivity contribution is 5.21. The van der Waals surface area contributed by atoms with Crippen molar-refractivity contribution >= 4 is 6.72 Å². The molecule has 0 aromatic rings. The Bertz CT molecular complexity index is 199. The Hall–Kier alpha value is -0.850. The summed E-state index contributed by atoms with van der Waals surface area (Å²) < 4.78 is 1.94. The van der Waals surface area contributed by atoms with Crippen LogP contribution in [0.4, 0.5) is 0 Å². The summed E-state index contributed by atoms with van der Waals surface area (Å²) in [6.45, 7) is 13.9. The van der Waals surface area contributed by atoms with Crippen molar-refractivity contribution in [1.82, 2.24) is 0 Å². The van der Waals surface area contributed by atoms with Crippen molar-refractivity contribution in [3.63, 3.8) is 0 Å². The zero-order chi connectivity index (χ0) is 9.02. The lowest BCUT2D eigenvalue weighted by molar-refractivity contribution is -0.515. The molecule has 0 N–H and O–H groups in total. The lowest BCUT2D eigenvalue weighted by Gasteiger charge is -2.06. The van der Waals surface area contributed by atoms with E-state index in [1.54, 1.807) is 0 Å².